The van der Waals surface area contributed by atoms with Crippen LogP contribution in [0.25, 0.3) is 0 Å². The Morgan fingerprint density at radius 2 is 2.20 bits per heavy atom. The minimum Gasteiger partial charge on any atom is -0.320 e. The predicted octanol–water partition coefficient (Wildman–Crippen LogP) is 1.49. The highest BCUT2D eigenvalue weighted by atomic mass is 16.7. The average molecular weight is 214 g/mol. The van der Waals surface area contributed by atoms with Gasteiger partial charge in [-0.2, -0.15) is 0 Å². The summed E-state index contributed by atoms with van der Waals surface area (Å²) in [5.74, 6) is -0.185. The summed E-state index contributed by atoms with van der Waals surface area (Å²) in [7, 11) is 0. The van der Waals surface area contributed by atoms with Crippen molar-refractivity contribution in [2.75, 3.05) is 0 Å². The Balaban J connectivity index is 2.11. The van der Waals surface area contributed by atoms with E-state index in [9.17, 15) is 4.79 Å². The third-order valence-electron chi connectivity index (χ3n) is 2.83. The molecule has 4 nitrogen and oxygen atoms in total. The Bertz CT molecular complexity index is 191. The van der Waals surface area contributed by atoms with Crippen LogP contribution in [-0.2, 0) is 9.63 Å². The topological polar surface area (TPSA) is 64.4 Å². The maximum absolute atomic E-state index is 11.4. The van der Waals surface area contributed by atoms with Crippen molar-refractivity contribution < 1.29 is 9.63 Å². The van der Waals surface area contributed by atoms with E-state index in [0.717, 1.165) is 32.1 Å². The summed E-state index contributed by atoms with van der Waals surface area (Å²) in [6.45, 7) is 2.08. The zero-order chi connectivity index (χ0) is 11.1. The summed E-state index contributed by atoms with van der Waals surface area (Å²) in [5, 5.41) is 0. The van der Waals surface area contributed by atoms with E-state index in [2.05, 4.69) is 12.4 Å². The van der Waals surface area contributed by atoms with E-state index in [0.29, 0.717) is 0 Å². The summed E-state index contributed by atoms with van der Waals surface area (Å²) in [4.78, 5) is 16.7. The van der Waals surface area contributed by atoms with Crippen molar-refractivity contribution in [3.05, 3.63) is 0 Å². The molecule has 0 saturated heterocycles. The van der Waals surface area contributed by atoms with Crippen LogP contribution in [0.1, 0.15) is 51.9 Å². The molecule has 4 heteroatoms. The van der Waals surface area contributed by atoms with E-state index in [-0.39, 0.29) is 12.0 Å². The normalized spacial score (nSPS) is 19.1. The monoisotopic (exact) mass is 214 g/mol. The van der Waals surface area contributed by atoms with Gasteiger partial charge in [-0.15, -0.1) is 0 Å². The Hall–Kier alpha value is -0.610. The van der Waals surface area contributed by atoms with Crippen LogP contribution in [-0.4, -0.2) is 18.1 Å². The molecule has 0 aromatic carbocycles. The van der Waals surface area contributed by atoms with E-state index < -0.39 is 6.04 Å². The fourth-order valence-electron chi connectivity index (χ4n) is 1.78. The zero-order valence-electron chi connectivity index (χ0n) is 9.50. The van der Waals surface area contributed by atoms with Crippen molar-refractivity contribution >= 4 is 5.91 Å². The molecular weight excluding hydrogens is 192 g/mol. The first-order valence-corrected chi connectivity index (χ1v) is 5.95. The molecule has 1 amide bonds. The van der Waals surface area contributed by atoms with Crippen LogP contribution in [0.3, 0.4) is 0 Å². The Labute approximate surface area is 91.5 Å². The van der Waals surface area contributed by atoms with Gasteiger partial charge in [0, 0.05) is 0 Å². The number of unbranched alkanes of at least 4 members (excludes halogenated alkanes) is 1. The number of nitrogens with two attached hydrogens (primary N) is 1. The van der Waals surface area contributed by atoms with Gasteiger partial charge in [0.15, 0.2) is 0 Å². The zero-order valence-corrected chi connectivity index (χ0v) is 9.50. The number of hydroxylamine groups is 1. The van der Waals surface area contributed by atoms with E-state index >= 15 is 0 Å². The van der Waals surface area contributed by atoms with Crippen LogP contribution < -0.4 is 11.2 Å². The molecule has 0 aromatic heterocycles. The van der Waals surface area contributed by atoms with Gasteiger partial charge in [0.05, 0.1) is 12.1 Å². The summed E-state index contributed by atoms with van der Waals surface area (Å²) < 4.78 is 0. The second-order valence-corrected chi connectivity index (χ2v) is 4.24. The van der Waals surface area contributed by atoms with Gasteiger partial charge in [-0.1, -0.05) is 32.6 Å². The average Bonchev–Trinajstić information content (AvgIpc) is 2.75. The lowest BCUT2D eigenvalue weighted by atomic mass is 10.1. The molecule has 0 aromatic rings. The number of hydrogen-bond donors (Lipinski definition) is 2. The Morgan fingerprint density at radius 3 is 2.80 bits per heavy atom. The summed E-state index contributed by atoms with van der Waals surface area (Å²) >= 11 is 0. The number of carbonyl (C=O) groups is 1. The minimum absolute atomic E-state index is 0.185. The van der Waals surface area contributed by atoms with Crippen molar-refractivity contribution in [1.82, 2.24) is 5.48 Å². The Kier molecular flexibility index (Phi) is 5.65. The fourth-order valence-corrected chi connectivity index (χ4v) is 1.78. The van der Waals surface area contributed by atoms with E-state index in [1.165, 1.54) is 12.8 Å². The lowest BCUT2D eigenvalue weighted by Gasteiger charge is -2.14. The van der Waals surface area contributed by atoms with Gasteiger partial charge in [-0.05, 0) is 19.3 Å². The molecule has 1 aliphatic rings. The highest BCUT2D eigenvalue weighted by molar-refractivity contribution is 5.80. The molecule has 0 bridgehead atoms. The largest absolute Gasteiger partial charge is 0.320 e. The Morgan fingerprint density at radius 1 is 1.53 bits per heavy atom. The summed E-state index contributed by atoms with van der Waals surface area (Å²) in [6, 6.07) is -0.425. The van der Waals surface area contributed by atoms with Gasteiger partial charge in [0.25, 0.3) is 5.91 Å². The van der Waals surface area contributed by atoms with Gasteiger partial charge < -0.3 is 5.73 Å². The first kappa shape index (κ1) is 12.5. The predicted molar refractivity (Wildman–Crippen MR) is 59.0 cm³/mol. The van der Waals surface area contributed by atoms with Crippen molar-refractivity contribution in [3.63, 3.8) is 0 Å². The molecule has 0 aliphatic heterocycles. The van der Waals surface area contributed by atoms with Crippen molar-refractivity contribution in [1.29, 1.82) is 0 Å². The van der Waals surface area contributed by atoms with E-state index in [4.69, 9.17) is 10.6 Å². The molecule has 1 rings (SSSR count). The lowest BCUT2D eigenvalue weighted by molar-refractivity contribution is -0.139. The first-order valence-electron chi connectivity index (χ1n) is 5.95. The van der Waals surface area contributed by atoms with Gasteiger partial charge in [0.1, 0.15) is 0 Å². The smallest absolute Gasteiger partial charge is 0.260 e. The molecule has 3 N–H and O–H groups in total. The number of carbonyl (C=O) groups excluding carboxylic acids is 1. The molecule has 1 saturated carbocycles. The third kappa shape index (κ3) is 4.62. The van der Waals surface area contributed by atoms with E-state index in [1.54, 1.807) is 0 Å². The second kappa shape index (κ2) is 6.80. The van der Waals surface area contributed by atoms with Crippen LogP contribution in [0, 0.1) is 0 Å². The maximum atomic E-state index is 11.4. The molecule has 88 valence electrons. The summed E-state index contributed by atoms with van der Waals surface area (Å²) in [5.41, 5.74) is 8.17. The molecule has 1 aliphatic carbocycles. The van der Waals surface area contributed by atoms with Crippen LogP contribution in [0.15, 0.2) is 0 Å². The number of hydrogen-bond acceptors (Lipinski definition) is 3. The number of rotatable bonds is 6. The molecule has 1 unspecified atom stereocenters. The van der Waals surface area contributed by atoms with Crippen molar-refractivity contribution in [3.8, 4) is 0 Å². The fraction of sp³-hybridized carbons (Fsp3) is 0.909. The highest BCUT2D eigenvalue weighted by Gasteiger charge is 2.18. The lowest BCUT2D eigenvalue weighted by Crippen LogP contribution is -2.41. The van der Waals surface area contributed by atoms with Crippen LogP contribution >= 0.6 is 0 Å². The maximum Gasteiger partial charge on any atom is 0.260 e. The molecule has 1 atom stereocenters. The minimum atomic E-state index is -0.425. The van der Waals surface area contributed by atoms with Gasteiger partial charge >= 0.3 is 0 Å². The number of nitrogens with one attached hydrogen (secondary N) is 1. The standard InChI is InChI=1S/C11H22N2O2/c1-2-3-8-10(12)11(14)13-15-9-6-4-5-7-9/h9-10H,2-8,12H2,1H3,(H,13,14). The van der Waals surface area contributed by atoms with Gasteiger partial charge in [0.2, 0.25) is 0 Å². The molecular formula is C11H22N2O2. The highest BCUT2D eigenvalue weighted by Crippen LogP contribution is 2.19. The molecule has 0 radical (unpaired) electrons. The van der Waals surface area contributed by atoms with Crippen molar-refractivity contribution in [2.24, 2.45) is 5.73 Å². The third-order valence-corrected chi connectivity index (χ3v) is 2.83. The van der Waals surface area contributed by atoms with Crippen molar-refractivity contribution in [2.45, 2.75) is 64.0 Å². The van der Waals surface area contributed by atoms with Crippen LogP contribution in [0.2, 0.25) is 0 Å². The summed E-state index contributed by atoms with van der Waals surface area (Å²) in [6.07, 6.45) is 7.46. The molecule has 0 heterocycles. The van der Waals surface area contributed by atoms with Crippen LogP contribution in [0.5, 0.6) is 0 Å². The molecule has 15 heavy (non-hydrogen) atoms. The first-order chi connectivity index (χ1) is 7.24. The number of amides is 1. The second-order valence-electron chi connectivity index (χ2n) is 4.24. The quantitative estimate of drug-likeness (QED) is 0.658. The van der Waals surface area contributed by atoms with Gasteiger partial charge in [-0.25, -0.2) is 5.48 Å². The molecule has 1 fully saturated rings. The van der Waals surface area contributed by atoms with Gasteiger partial charge in [-0.3, -0.25) is 9.63 Å². The van der Waals surface area contributed by atoms with Crippen LogP contribution in [0.4, 0.5) is 0 Å². The van der Waals surface area contributed by atoms with E-state index in [1.807, 2.05) is 0 Å². The molecule has 0 spiro atoms. The SMILES string of the molecule is CCCCC(N)C(=O)NOC1CCCC1.